The normalized spacial score (nSPS) is 21.8. The lowest BCUT2D eigenvalue weighted by molar-refractivity contribution is -0.118. The SMILES string of the molecule is CCNC(=O)CSc1nc2sc3c(c2c(=O)n1CC1CCCO1)CCC(C)C3. The van der Waals surface area contributed by atoms with Crippen LogP contribution < -0.4 is 10.9 Å². The molecule has 1 amide bonds. The Hall–Kier alpha value is -1.38. The van der Waals surface area contributed by atoms with Crippen molar-refractivity contribution in [1.29, 1.82) is 0 Å². The van der Waals surface area contributed by atoms with Gasteiger partial charge in [-0.3, -0.25) is 14.2 Å². The number of rotatable bonds is 6. The Balaban J connectivity index is 1.74. The van der Waals surface area contributed by atoms with E-state index in [9.17, 15) is 9.59 Å². The molecule has 0 aromatic carbocycles. The van der Waals surface area contributed by atoms with Crippen LogP contribution in [0.3, 0.4) is 0 Å². The third-order valence-corrected chi connectivity index (χ3v) is 7.62. The van der Waals surface area contributed by atoms with Gasteiger partial charge in [-0.25, -0.2) is 4.98 Å². The number of aryl methyl sites for hydroxylation is 1. The molecule has 1 aliphatic heterocycles. The summed E-state index contributed by atoms with van der Waals surface area (Å²) in [5.41, 5.74) is 1.24. The molecule has 2 aromatic rings. The zero-order chi connectivity index (χ0) is 19.7. The van der Waals surface area contributed by atoms with Gasteiger partial charge >= 0.3 is 0 Å². The maximum Gasteiger partial charge on any atom is 0.263 e. The Labute approximate surface area is 173 Å². The number of nitrogens with zero attached hydrogens (tertiary/aromatic N) is 2. The van der Waals surface area contributed by atoms with Crippen LogP contribution in [0.15, 0.2) is 9.95 Å². The first-order valence-electron chi connectivity index (χ1n) is 10.1. The van der Waals surface area contributed by atoms with Crippen LogP contribution in [-0.4, -0.2) is 40.5 Å². The molecule has 2 atom stereocenters. The minimum atomic E-state index is -0.0372. The Bertz CT molecular complexity index is 931. The zero-order valence-corrected chi connectivity index (χ0v) is 18.1. The van der Waals surface area contributed by atoms with Crippen LogP contribution in [0, 0.1) is 5.92 Å². The van der Waals surface area contributed by atoms with E-state index in [4.69, 9.17) is 9.72 Å². The number of amides is 1. The molecule has 1 fully saturated rings. The van der Waals surface area contributed by atoms with Crippen LogP contribution in [-0.2, 0) is 28.9 Å². The van der Waals surface area contributed by atoms with Crippen LogP contribution in [0.1, 0.15) is 43.6 Å². The van der Waals surface area contributed by atoms with E-state index < -0.39 is 0 Å². The third kappa shape index (κ3) is 4.00. The van der Waals surface area contributed by atoms with E-state index in [2.05, 4.69) is 12.2 Å². The van der Waals surface area contributed by atoms with E-state index in [1.165, 1.54) is 22.2 Å². The minimum Gasteiger partial charge on any atom is -0.376 e. The van der Waals surface area contributed by atoms with Gasteiger partial charge in [-0.05, 0) is 50.5 Å². The molecule has 1 N–H and O–H groups in total. The van der Waals surface area contributed by atoms with Gasteiger partial charge < -0.3 is 10.1 Å². The summed E-state index contributed by atoms with van der Waals surface area (Å²) in [5, 5.41) is 4.24. The summed E-state index contributed by atoms with van der Waals surface area (Å²) < 4.78 is 7.54. The molecule has 1 saturated heterocycles. The minimum absolute atomic E-state index is 0.0333. The maximum absolute atomic E-state index is 13.5. The molecule has 3 heterocycles. The number of aromatic nitrogens is 2. The van der Waals surface area contributed by atoms with Gasteiger partial charge in [0.2, 0.25) is 5.91 Å². The highest BCUT2D eigenvalue weighted by Gasteiger charge is 2.26. The van der Waals surface area contributed by atoms with Gasteiger partial charge in [0.25, 0.3) is 5.56 Å². The zero-order valence-electron chi connectivity index (χ0n) is 16.5. The highest BCUT2D eigenvalue weighted by atomic mass is 32.2. The average Bonchev–Trinajstić information content (AvgIpc) is 3.29. The number of hydrogen-bond acceptors (Lipinski definition) is 6. The fourth-order valence-electron chi connectivity index (χ4n) is 4.05. The van der Waals surface area contributed by atoms with Crippen molar-refractivity contribution < 1.29 is 9.53 Å². The first-order chi connectivity index (χ1) is 13.6. The van der Waals surface area contributed by atoms with Crippen molar-refractivity contribution in [3.8, 4) is 0 Å². The van der Waals surface area contributed by atoms with Crippen molar-refractivity contribution in [2.24, 2.45) is 5.92 Å². The predicted molar refractivity (Wildman–Crippen MR) is 113 cm³/mol. The fourth-order valence-corrected chi connectivity index (χ4v) is 6.31. The fraction of sp³-hybridized carbons (Fsp3) is 0.650. The van der Waals surface area contributed by atoms with Gasteiger partial charge in [0.15, 0.2) is 5.16 Å². The van der Waals surface area contributed by atoms with Crippen LogP contribution >= 0.6 is 23.1 Å². The summed E-state index contributed by atoms with van der Waals surface area (Å²) >= 11 is 3.00. The molecule has 2 aliphatic rings. The molecule has 0 bridgehead atoms. The molecule has 4 rings (SSSR count). The van der Waals surface area contributed by atoms with E-state index in [1.54, 1.807) is 15.9 Å². The molecule has 6 nitrogen and oxygen atoms in total. The van der Waals surface area contributed by atoms with E-state index in [1.807, 2.05) is 6.92 Å². The summed E-state index contributed by atoms with van der Waals surface area (Å²) in [7, 11) is 0. The molecule has 28 heavy (non-hydrogen) atoms. The van der Waals surface area contributed by atoms with Crippen molar-refractivity contribution in [3.63, 3.8) is 0 Å². The molecular weight excluding hydrogens is 394 g/mol. The van der Waals surface area contributed by atoms with Crippen LogP contribution in [0.5, 0.6) is 0 Å². The number of hydrogen-bond donors (Lipinski definition) is 1. The van der Waals surface area contributed by atoms with Gasteiger partial charge in [-0.1, -0.05) is 18.7 Å². The second kappa shape index (κ2) is 8.55. The summed E-state index contributed by atoms with van der Waals surface area (Å²) in [6.45, 7) is 6.04. The van der Waals surface area contributed by atoms with Gasteiger partial charge in [0, 0.05) is 18.0 Å². The molecular formula is C20H27N3O3S2. The first kappa shape index (κ1) is 19.9. The Morgan fingerprint density at radius 2 is 2.29 bits per heavy atom. The number of fused-ring (bicyclic) bond motifs is 3. The number of thioether (sulfide) groups is 1. The molecule has 0 saturated carbocycles. The van der Waals surface area contributed by atoms with Crippen LogP contribution in [0.25, 0.3) is 10.2 Å². The topological polar surface area (TPSA) is 73.2 Å². The lowest BCUT2D eigenvalue weighted by Crippen LogP contribution is -2.30. The first-order valence-corrected chi connectivity index (χ1v) is 11.9. The molecule has 1 aliphatic carbocycles. The predicted octanol–water partition coefficient (Wildman–Crippen LogP) is 2.99. The highest BCUT2D eigenvalue weighted by molar-refractivity contribution is 7.99. The van der Waals surface area contributed by atoms with Gasteiger partial charge in [0.05, 0.1) is 23.8 Å². The van der Waals surface area contributed by atoms with Crippen LogP contribution in [0.4, 0.5) is 0 Å². The van der Waals surface area contributed by atoms with E-state index in [0.717, 1.165) is 48.9 Å². The van der Waals surface area contributed by atoms with Crippen molar-refractivity contribution in [2.75, 3.05) is 18.9 Å². The van der Waals surface area contributed by atoms with Crippen LogP contribution in [0.2, 0.25) is 0 Å². The van der Waals surface area contributed by atoms with Gasteiger partial charge in [-0.15, -0.1) is 11.3 Å². The monoisotopic (exact) mass is 421 g/mol. The largest absolute Gasteiger partial charge is 0.376 e. The van der Waals surface area contributed by atoms with Gasteiger partial charge in [0.1, 0.15) is 4.83 Å². The molecule has 152 valence electrons. The second-order valence-electron chi connectivity index (χ2n) is 7.72. The van der Waals surface area contributed by atoms with E-state index in [-0.39, 0.29) is 23.3 Å². The van der Waals surface area contributed by atoms with Crippen molar-refractivity contribution in [1.82, 2.24) is 14.9 Å². The van der Waals surface area contributed by atoms with E-state index in [0.29, 0.717) is 24.2 Å². The molecule has 0 spiro atoms. The Kier molecular flexibility index (Phi) is 6.08. The number of ether oxygens (including phenoxy) is 1. The number of carbonyl (C=O) groups excluding carboxylic acids is 1. The van der Waals surface area contributed by atoms with Crippen molar-refractivity contribution in [2.45, 2.75) is 63.8 Å². The second-order valence-corrected chi connectivity index (χ2v) is 9.75. The Morgan fingerprint density at radius 3 is 3.04 bits per heavy atom. The van der Waals surface area contributed by atoms with Gasteiger partial charge in [-0.2, -0.15) is 0 Å². The number of nitrogens with one attached hydrogen (secondary N) is 1. The lowest BCUT2D eigenvalue weighted by atomic mass is 9.89. The maximum atomic E-state index is 13.5. The molecule has 2 unspecified atom stereocenters. The number of carbonyl (C=O) groups is 1. The molecule has 2 aromatic heterocycles. The summed E-state index contributed by atoms with van der Waals surface area (Å²) in [5.74, 6) is 0.880. The average molecular weight is 422 g/mol. The third-order valence-electron chi connectivity index (χ3n) is 5.50. The van der Waals surface area contributed by atoms with Crippen molar-refractivity contribution in [3.05, 3.63) is 20.8 Å². The summed E-state index contributed by atoms with van der Waals surface area (Å²) in [6.07, 6.45) is 5.15. The highest BCUT2D eigenvalue weighted by Crippen LogP contribution is 2.36. The van der Waals surface area contributed by atoms with Crippen molar-refractivity contribution >= 4 is 39.2 Å². The Morgan fingerprint density at radius 1 is 1.43 bits per heavy atom. The standard InChI is InChI=1S/C20H27N3O3S2/c1-3-21-16(24)11-27-20-22-18-17(14-7-6-12(2)9-15(14)28-18)19(25)23(20)10-13-5-4-8-26-13/h12-13H,3-11H2,1-2H3,(H,21,24). The smallest absolute Gasteiger partial charge is 0.263 e. The summed E-state index contributed by atoms with van der Waals surface area (Å²) in [4.78, 5) is 32.4. The quantitative estimate of drug-likeness (QED) is 0.573. The van der Waals surface area contributed by atoms with E-state index >= 15 is 0 Å². The lowest BCUT2D eigenvalue weighted by Gasteiger charge is -2.18. The molecule has 8 heteroatoms. The summed E-state index contributed by atoms with van der Waals surface area (Å²) in [6, 6.07) is 0. The number of thiophene rings is 1. The molecule has 0 radical (unpaired) electrons.